The van der Waals surface area contributed by atoms with Gasteiger partial charge >= 0.3 is 5.97 Å². The minimum Gasteiger partial charge on any atom is -0.493 e. The van der Waals surface area contributed by atoms with Gasteiger partial charge in [0.05, 0.1) is 18.6 Å². The molecule has 2 aliphatic heterocycles. The Kier molecular flexibility index (Phi) is 8.79. The molecule has 0 saturated carbocycles. The van der Waals surface area contributed by atoms with Crippen LogP contribution in [0.5, 0.6) is 11.5 Å². The van der Waals surface area contributed by atoms with Crippen LogP contribution in [0.4, 0.5) is 4.79 Å². The zero-order chi connectivity index (χ0) is 24.0. The standard InChI is InChI=1S/C22H25BrN2O7S/c1-3-31-20(27)13-32-17-11-15(23)14(9-16(17)30-2)10-18-21(28)25(22(29)33-18)12-19(26)24-7-5-4-6-8-24/h9-11H,3-8,12-13H2,1-2H3/b18-10-. The number of benzene rings is 1. The maximum absolute atomic E-state index is 12.8. The van der Waals surface area contributed by atoms with Crippen LogP contribution in [-0.2, 0) is 19.1 Å². The first kappa shape index (κ1) is 25.1. The lowest BCUT2D eigenvalue weighted by Gasteiger charge is -2.27. The highest BCUT2D eigenvalue weighted by Gasteiger charge is 2.37. The second-order valence-electron chi connectivity index (χ2n) is 7.33. The largest absolute Gasteiger partial charge is 0.493 e. The van der Waals surface area contributed by atoms with Crippen molar-refractivity contribution < 1.29 is 33.4 Å². The summed E-state index contributed by atoms with van der Waals surface area (Å²) in [5.41, 5.74) is 0.572. The number of esters is 1. The number of likely N-dealkylation sites (tertiary alicyclic amines) is 1. The molecule has 9 nitrogen and oxygen atoms in total. The topological polar surface area (TPSA) is 102 Å². The number of imide groups is 1. The molecule has 0 unspecified atom stereocenters. The van der Waals surface area contributed by atoms with Crippen molar-refractivity contribution in [2.45, 2.75) is 26.2 Å². The van der Waals surface area contributed by atoms with Gasteiger partial charge in [-0.3, -0.25) is 19.3 Å². The predicted octanol–water partition coefficient (Wildman–Crippen LogP) is 3.45. The van der Waals surface area contributed by atoms with E-state index in [1.54, 1.807) is 30.0 Å². The molecule has 3 rings (SSSR count). The number of ether oxygens (including phenoxy) is 3. The highest BCUT2D eigenvalue weighted by atomic mass is 79.9. The average Bonchev–Trinajstić information content (AvgIpc) is 3.07. The van der Waals surface area contributed by atoms with Gasteiger partial charge in [-0.15, -0.1) is 0 Å². The third-order valence-corrected chi connectivity index (χ3v) is 6.69. The van der Waals surface area contributed by atoms with Crippen LogP contribution in [0.15, 0.2) is 21.5 Å². The Morgan fingerprint density at radius 3 is 2.55 bits per heavy atom. The van der Waals surface area contributed by atoms with Crippen LogP contribution in [0.25, 0.3) is 6.08 Å². The van der Waals surface area contributed by atoms with E-state index in [-0.39, 0.29) is 30.6 Å². The molecule has 2 saturated heterocycles. The van der Waals surface area contributed by atoms with E-state index in [9.17, 15) is 19.2 Å². The zero-order valence-electron chi connectivity index (χ0n) is 18.4. The molecule has 0 atom stereocenters. The van der Waals surface area contributed by atoms with Gasteiger partial charge in [0.1, 0.15) is 6.54 Å². The van der Waals surface area contributed by atoms with Crippen molar-refractivity contribution in [2.24, 2.45) is 0 Å². The van der Waals surface area contributed by atoms with Crippen molar-refractivity contribution in [2.75, 3.05) is 40.0 Å². The van der Waals surface area contributed by atoms with E-state index in [0.717, 1.165) is 35.9 Å². The molecule has 2 fully saturated rings. The highest BCUT2D eigenvalue weighted by molar-refractivity contribution is 9.10. The molecule has 178 valence electrons. The van der Waals surface area contributed by atoms with Crippen LogP contribution in [-0.4, -0.2) is 72.8 Å². The minimum absolute atomic E-state index is 0.203. The molecule has 1 aromatic carbocycles. The van der Waals surface area contributed by atoms with Crippen molar-refractivity contribution >= 4 is 56.8 Å². The molecule has 0 spiro atoms. The number of hydrogen-bond donors (Lipinski definition) is 0. The molecule has 0 aromatic heterocycles. The summed E-state index contributed by atoms with van der Waals surface area (Å²) >= 11 is 4.21. The van der Waals surface area contributed by atoms with Crippen LogP contribution in [0.3, 0.4) is 0 Å². The lowest BCUT2D eigenvalue weighted by molar-refractivity contribution is -0.145. The van der Waals surface area contributed by atoms with Gasteiger partial charge in [-0.2, -0.15) is 0 Å². The molecule has 2 heterocycles. The second kappa shape index (κ2) is 11.6. The summed E-state index contributed by atoms with van der Waals surface area (Å²) in [7, 11) is 1.45. The van der Waals surface area contributed by atoms with Gasteiger partial charge in [-0.1, -0.05) is 15.9 Å². The van der Waals surface area contributed by atoms with Crippen LogP contribution >= 0.6 is 27.7 Å². The number of thioether (sulfide) groups is 1. The van der Waals surface area contributed by atoms with Gasteiger partial charge in [0.25, 0.3) is 11.1 Å². The Bertz CT molecular complexity index is 976. The van der Waals surface area contributed by atoms with E-state index in [1.165, 1.54) is 7.11 Å². The van der Waals surface area contributed by atoms with E-state index in [0.29, 0.717) is 34.6 Å². The number of hydrogen-bond acceptors (Lipinski definition) is 8. The third kappa shape index (κ3) is 6.29. The fourth-order valence-electron chi connectivity index (χ4n) is 3.43. The van der Waals surface area contributed by atoms with Crippen LogP contribution in [0, 0.1) is 0 Å². The van der Waals surface area contributed by atoms with Gasteiger partial charge in [0.2, 0.25) is 5.91 Å². The summed E-state index contributed by atoms with van der Waals surface area (Å²) in [6.45, 7) is 2.73. The Morgan fingerprint density at radius 2 is 1.88 bits per heavy atom. The van der Waals surface area contributed by atoms with Gasteiger partial charge in [-0.25, -0.2) is 4.79 Å². The van der Waals surface area contributed by atoms with E-state index >= 15 is 0 Å². The molecule has 0 radical (unpaired) electrons. The maximum Gasteiger partial charge on any atom is 0.344 e. The first-order chi connectivity index (χ1) is 15.8. The number of rotatable bonds is 8. The maximum atomic E-state index is 12.8. The SMILES string of the molecule is CCOC(=O)COc1cc(Br)c(/C=C2\SC(=O)N(CC(=O)N3CCCCC3)C2=O)cc1OC. The molecule has 1 aromatic rings. The smallest absolute Gasteiger partial charge is 0.344 e. The summed E-state index contributed by atoms with van der Waals surface area (Å²) in [5.74, 6) is -0.580. The molecule has 33 heavy (non-hydrogen) atoms. The van der Waals surface area contributed by atoms with E-state index in [1.807, 2.05) is 0 Å². The normalized spacial score (nSPS) is 17.5. The summed E-state index contributed by atoms with van der Waals surface area (Å²) in [6.07, 6.45) is 4.50. The molecule has 2 aliphatic rings. The molecular weight excluding hydrogens is 516 g/mol. The Labute approximate surface area is 204 Å². The molecule has 3 amide bonds. The molecule has 11 heteroatoms. The van der Waals surface area contributed by atoms with Crippen LogP contribution < -0.4 is 9.47 Å². The average molecular weight is 541 g/mol. The van der Waals surface area contributed by atoms with Crippen molar-refractivity contribution in [1.29, 1.82) is 0 Å². The van der Waals surface area contributed by atoms with E-state index < -0.39 is 17.1 Å². The number of halogens is 1. The van der Waals surface area contributed by atoms with E-state index in [2.05, 4.69) is 15.9 Å². The number of carbonyl (C=O) groups excluding carboxylic acids is 4. The van der Waals surface area contributed by atoms with Crippen molar-refractivity contribution in [3.63, 3.8) is 0 Å². The number of nitrogens with zero attached hydrogens (tertiary/aromatic N) is 2. The summed E-state index contributed by atoms with van der Waals surface area (Å²) in [5, 5.41) is -0.478. The van der Waals surface area contributed by atoms with Crippen molar-refractivity contribution in [3.8, 4) is 11.5 Å². The lowest BCUT2D eigenvalue weighted by atomic mass is 10.1. The third-order valence-electron chi connectivity index (χ3n) is 5.10. The highest BCUT2D eigenvalue weighted by Crippen LogP contribution is 2.38. The Balaban J connectivity index is 1.74. The monoisotopic (exact) mass is 540 g/mol. The molecule has 0 N–H and O–H groups in total. The first-order valence-electron chi connectivity index (χ1n) is 10.5. The zero-order valence-corrected chi connectivity index (χ0v) is 20.8. The summed E-state index contributed by atoms with van der Waals surface area (Å²) in [4.78, 5) is 52.2. The predicted molar refractivity (Wildman–Crippen MR) is 126 cm³/mol. The van der Waals surface area contributed by atoms with Gasteiger partial charge in [0.15, 0.2) is 18.1 Å². The van der Waals surface area contributed by atoms with Crippen LogP contribution in [0.1, 0.15) is 31.7 Å². The lowest BCUT2D eigenvalue weighted by Crippen LogP contribution is -2.44. The minimum atomic E-state index is -0.510. The van der Waals surface area contributed by atoms with Gasteiger partial charge in [-0.05, 0) is 61.7 Å². The van der Waals surface area contributed by atoms with Crippen molar-refractivity contribution in [3.05, 3.63) is 27.1 Å². The molecule has 0 bridgehead atoms. The van der Waals surface area contributed by atoms with Gasteiger partial charge < -0.3 is 19.1 Å². The fourth-order valence-corrected chi connectivity index (χ4v) is 4.70. The van der Waals surface area contributed by atoms with Gasteiger partial charge in [0, 0.05) is 17.6 Å². The number of amides is 3. The van der Waals surface area contributed by atoms with E-state index in [4.69, 9.17) is 14.2 Å². The molecular formula is C22H25BrN2O7S. The first-order valence-corrected chi connectivity index (χ1v) is 12.1. The summed E-state index contributed by atoms with van der Waals surface area (Å²) in [6, 6.07) is 3.23. The van der Waals surface area contributed by atoms with Crippen molar-refractivity contribution in [1.82, 2.24) is 9.80 Å². The summed E-state index contributed by atoms with van der Waals surface area (Å²) < 4.78 is 16.2. The Morgan fingerprint density at radius 1 is 1.15 bits per heavy atom. The fraction of sp³-hybridized carbons (Fsp3) is 0.455. The second-order valence-corrected chi connectivity index (χ2v) is 9.18. The molecule has 0 aliphatic carbocycles. The quantitative estimate of drug-likeness (QED) is 0.365. The van der Waals surface area contributed by atoms with Crippen LogP contribution in [0.2, 0.25) is 0 Å². The number of piperidine rings is 1. The Hall–Kier alpha value is -2.53. The number of carbonyl (C=O) groups is 4. The number of methoxy groups -OCH3 is 1.